The highest BCUT2D eigenvalue weighted by atomic mass is 35.5. The molecule has 6 nitrogen and oxygen atoms in total. The van der Waals surface area contributed by atoms with E-state index < -0.39 is 11.9 Å². The molecule has 7 heteroatoms. The molecule has 0 radical (unpaired) electrons. The molecule has 1 aromatic heterocycles. The first-order valence-corrected chi connectivity index (χ1v) is 7.93. The van der Waals surface area contributed by atoms with Crippen LogP contribution < -0.4 is 10.2 Å². The maximum absolute atomic E-state index is 11.7. The summed E-state index contributed by atoms with van der Waals surface area (Å²) in [7, 11) is 0. The Kier molecular flexibility index (Phi) is 6.36. The van der Waals surface area contributed by atoms with E-state index in [0.29, 0.717) is 5.69 Å². The van der Waals surface area contributed by atoms with Gasteiger partial charge in [0.15, 0.2) is 0 Å². The largest absolute Gasteiger partial charge is 0.459 e. The fourth-order valence-electron chi connectivity index (χ4n) is 2.74. The summed E-state index contributed by atoms with van der Waals surface area (Å²) in [4.78, 5) is 29.7. The smallest absolute Gasteiger partial charge is 0.397 e. The van der Waals surface area contributed by atoms with Crippen molar-refractivity contribution in [3.8, 4) is 0 Å². The Balaban J connectivity index is 0.00000225. The lowest BCUT2D eigenvalue weighted by molar-refractivity contribution is -0.152. The molecule has 1 aromatic carbocycles. The van der Waals surface area contributed by atoms with E-state index in [4.69, 9.17) is 0 Å². The van der Waals surface area contributed by atoms with Crippen LogP contribution in [0.2, 0.25) is 0 Å². The first-order valence-electron chi connectivity index (χ1n) is 7.93. The minimum Gasteiger partial charge on any atom is -0.459 e. The van der Waals surface area contributed by atoms with Gasteiger partial charge in [0.05, 0.1) is 6.61 Å². The van der Waals surface area contributed by atoms with Crippen LogP contribution in [0.5, 0.6) is 0 Å². The summed E-state index contributed by atoms with van der Waals surface area (Å²) >= 11 is 0. The Morgan fingerprint density at radius 2 is 2.00 bits per heavy atom. The van der Waals surface area contributed by atoms with Crippen molar-refractivity contribution in [1.82, 2.24) is 4.98 Å². The number of esters is 1. The van der Waals surface area contributed by atoms with E-state index in [2.05, 4.69) is 38.1 Å². The Labute approximate surface area is 152 Å². The fraction of sp³-hybridized carbons (Fsp3) is 0.278. The molecule has 1 aliphatic heterocycles. The van der Waals surface area contributed by atoms with Crippen molar-refractivity contribution in [1.29, 1.82) is 0 Å². The average molecular weight is 362 g/mol. The summed E-state index contributed by atoms with van der Waals surface area (Å²) in [5.41, 5.74) is 3.17. The third-order valence-electron chi connectivity index (χ3n) is 3.92. The number of hydrogen-bond acceptors (Lipinski definition) is 5. The van der Waals surface area contributed by atoms with E-state index in [1.807, 2.05) is 6.07 Å². The fourth-order valence-corrected chi connectivity index (χ4v) is 2.74. The molecule has 132 valence electrons. The van der Waals surface area contributed by atoms with Crippen molar-refractivity contribution in [2.24, 2.45) is 0 Å². The summed E-state index contributed by atoms with van der Waals surface area (Å²) in [5, 5.41) is 2.54. The molecule has 0 saturated heterocycles. The van der Waals surface area contributed by atoms with Crippen LogP contribution >= 0.6 is 12.4 Å². The maximum Gasteiger partial charge on any atom is 0.397 e. The molecular weight excluding hydrogens is 342 g/mol. The molecule has 0 saturated carbocycles. The number of rotatable bonds is 3. The molecule has 0 fully saturated rings. The lowest BCUT2D eigenvalue weighted by atomic mass is 10.00. The summed E-state index contributed by atoms with van der Waals surface area (Å²) in [6.45, 7) is 3.46. The molecule has 0 spiro atoms. The van der Waals surface area contributed by atoms with Gasteiger partial charge in [-0.2, -0.15) is 0 Å². The molecule has 2 heterocycles. The van der Waals surface area contributed by atoms with Crippen LogP contribution in [0, 0.1) is 0 Å². The molecule has 1 amide bonds. The van der Waals surface area contributed by atoms with Crippen molar-refractivity contribution >= 4 is 35.8 Å². The summed E-state index contributed by atoms with van der Waals surface area (Å²) in [6.07, 6.45) is 2.58. The first kappa shape index (κ1) is 18.7. The zero-order valence-electron chi connectivity index (χ0n) is 13.9. The number of pyridine rings is 1. The minimum atomic E-state index is -0.886. The summed E-state index contributed by atoms with van der Waals surface area (Å²) in [6, 6.07) is 11.8. The number of nitrogens with zero attached hydrogens (tertiary/aromatic N) is 2. The molecule has 0 unspecified atom stereocenters. The monoisotopic (exact) mass is 361 g/mol. The van der Waals surface area contributed by atoms with Crippen molar-refractivity contribution in [2.75, 3.05) is 23.4 Å². The van der Waals surface area contributed by atoms with Gasteiger partial charge in [0, 0.05) is 31.0 Å². The highest BCUT2D eigenvalue weighted by Gasteiger charge is 2.19. The van der Waals surface area contributed by atoms with Crippen molar-refractivity contribution in [2.45, 2.75) is 19.9 Å². The molecule has 2 aromatic rings. The third kappa shape index (κ3) is 4.48. The van der Waals surface area contributed by atoms with Crippen LogP contribution in [-0.2, 0) is 27.3 Å². The number of aromatic nitrogens is 1. The number of benzene rings is 1. The van der Waals surface area contributed by atoms with E-state index in [1.165, 1.54) is 11.1 Å². The van der Waals surface area contributed by atoms with Crippen LogP contribution in [-0.4, -0.2) is 30.0 Å². The van der Waals surface area contributed by atoms with E-state index in [1.54, 1.807) is 25.3 Å². The molecular formula is C18H20ClN3O3. The van der Waals surface area contributed by atoms with Gasteiger partial charge in [-0.25, -0.2) is 9.78 Å². The highest BCUT2D eigenvalue weighted by Crippen LogP contribution is 2.24. The Hall–Kier alpha value is -2.60. The van der Waals surface area contributed by atoms with Gasteiger partial charge in [0.1, 0.15) is 5.82 Å². The Morgan fingerprint density at radius 1 is 1.24 bits per heavy atom. The van der Waals surface area contributed by atoms with Gasteiger partial charge in [-0.05, 0) is 30.5 Å². The van der Waals surface area contributed by atoms with E-state index in [-0.39, 0.29) is 19.0 Å². The molecule has 25 heavy (non-hydrogen) atoms. The minimum absolute atomic E-state index is 0. The predicted octanol–water partition coefficient (Wildman–Crippen LogP) is 2.57. The van der Waals surface area contributed by atoms with Gasteiger partial charge in [0.2, 0.25) is 0 Å². The van der Waals surface area contributed by atoms with Crippen molar-refractivity contribution in [3.63, 3.8) is 0 Å². The second-order valence-electron chi connectivity index (χ2n) is 5.52. The van der Waals surface area contributed by atoms with Crippen LogP contribution in [0.4, 0.5) is 11.5 Å². The number of nitrogens with one attached hydrogen (secondary N) is 1. The number of fused-ring (bicyclic) bond motifs is 1. The molecule has 0 atom stereocenters. The standard InChI is InChI=1S/C18H19N3O3.ClH/c1-2-24-18(23)17(22)20-15-7-9-19-16(11-15)21-10-8-13-5-3-4-6-14(13)12-21;/h3-7,9,11H,2,8,10,12H2,1H3,(H,19,20,22);1H. The Morgan fingerprint density at radius 3 is 2.76 bits per heavy atom. The number of hydrogen-bond donors (Lipinski definition) is 1. The normalized spacial score (nSPS) is 12.6. The number of amides is 1. The van der Waals surface area contributed by atoms with Crippen LogP contribution in [0.15, 0.2) is 42.6 Å². The van der Waals surface area contributed by atoms with E-state index in [0.717, 1.165) is 25.3 Å². The number of carbonyl (C=O) groups is 2. The zero-order valence-corrected chi connectivity index (χ0v) is 14.7. The van der Waals surface area contributed by atoms with Crippen molar-refractivity contribution in [3.05, 3.63) is 53.7 Å². The lowest BCUT2D eigenvalue weighted by Crippen LogP contribution is -2.31. The van der Waals surface area contributed by atoms with Gasteiger partial charge in [-0.15, -0.1) is 12.4 Å². The second kappa shape index (κ2) is 8.48. The molecule has 1 N–H and O–H groups in total. The molecule has 3 rings (SSSR count). The summed E-state index contributed by atoms with van der Waals surface area (Å²) in [5.74, 6) is -0.896. The van der Waals surface area contributed by atoms with E-state index in [9.17, 15) is 9.59 Å². The lowest BCUT2D eigenvalue weighted by Gasteiger charge is -2.30. The SMILES string of the molecule is CCOC(=O)C(=O)Nc1ccnc(N2CCc3ccccc3C2)c1.Cl. The van der Waals surface area contributed by atoms with Gasteiger partial charge in [-0.1, -0.05) is 24.3 Å². The van der Waals surface area contributed by atoms with Gasteiger partial charge >= 0.3 is 11.9 Å². The van der Waals surface area contributed by atoms with Gasteiger partial charge in [-0.3, -0.25) is 4.79 Å². The van der Waals surface area contributed by atoms with Crippen LogP contribution in [0.3, 0.4) is 0 Å². The van der Waals surface area contributed by atoms with E-state index >= 15 is 0 Å². The quantitative estimate of drug-likeness (QED) is 0.672. The average Bonchev–Trinajstić information content (AvgIpc) is 2.61. The highest BCUT2D eigenvalue weighted by molar-refractivity contribution is 6.37. The van der Waals surface area contributed by atoms with Crippen molar-refractivity contribution < 1.29 is 14.3 Å². The number of anilines is 2. The number of halogens is 1. The summed E-state index contributed by atoms with van der Waals surface area (Å²) < 4.78 is 4.68. The molecule has 0 aliphatic carbocycles. The second-order valence-corrected chi connectivity index (χ2v) is 5.52. The molecule has 1 aliphatic rings. The molecule has 0 bridgehead atoms. The third-order valence-corrected chi connectivity index (χ3v) is 3.92. The predicted molar refractivity (Wildman–Crippen MR) is 97.9 cm³/mol. The van der Waals surface area contributed by atoms with Gasteiger partial charge < -0.3 is 15.0 Å². The first-order chi connectivity index (χ1) is 11.7. The van der Waals surface area contributed by atoms with Crippen LogP contribution in [0.1, 0.15) is 18.1 Å². The Bertz CT molecular complexity index is 767. The van der Waals surface area contributed by atoms with Gasteiger partial charge in [0.25, 0.3) is 0 Å². The maximum atomic E-state index is 11.7. The number of ether oxygens (including phenoxy) is 1. The topological polar surface area (TPSA) is 71.5 Å². The van der Waals surface area contributed by atoms with Crippen LogP contribution in [0.25, 0.3) is 0 Å². The zero-order chi connectivity index (χ0) is 16.9. The number of carbonyl (C=O) groups excluding carboxylic acids is 2.